The highest BCUT2D eigenvalue weighted by Gasteiger charge is 2.26. The lowest BCUT2D eigenvalue weighted by molar-refractivity contribution is -0.121. The molecular formula is C31H29BrN4O5S. The SMILES string of the molecule is O=C(CN(CCc1ccccc1)S(=O)(=O)c1ccc(Br)cc1)N/N=C/c1ccc(OCC(=O)Nc2ccccc2)cc1. The van der Waals surface area contributed by atoms with Crippen LogP contribution in [-0.4, -0.2) is 50.4 Å². The number of amides is 2. The number of nitrogens with one attached hydrogen (secondary N) is 2. The van der Waals surface area contributed by atoms with Crippen molar-refractivity contribution >= 4 is 49.7 Å². The molecule has 4 aromatic carbocycles. The number of ether oxygens (including phenoxy) is 1. The molecule has 0 aromatic heterocycles. The van der Waals surface area contributed by atoms with E-state index in [1.165, 1.54) is 18.3 Å². The predicted octanol–water partition coefficient (Wildman–Crippen LogP) is 4.85. The Bertz CT molecular complexity index is 1600. The highest BCUT2D eigenvalue weighted by molar-refractivity contribution is 9.10. The van der Waals surface area contributed by atoms with Gasteiger partial charge < -0.3 is 10.1 Å². The van der Waals surface area contributed by atoms with Gasteiger partial charge in [0.15, 0.2) is 6.61 Å². The minimum Gasteiger partial charge on any atom is -0.484 e. The van der Waals surface area contributed by atoms with Crippen molar-refractivity contribution in [1.29, 1.82) is 0 Å². The molecule has 4 aromatic rings. The summed E-state index contributed by atoms with van der Waals surface area (Å²) in [5.41, 5.74) is 4.71. The summed E-state index contributed by atoms with van der Waals surface area (Å²) in [6.07, 6.45) is 1.87. The minimum atomic E-state index is -3.94. The minimum absolute atomic E-state index is 0.0925. The van der Waals surface area contributed by atoms with E-state index in [0.717, 1.165) is 14.3 Å². The molecule has 0 heterocycles. The highest BCUT2D eigenvalue weighted by atomic mass is 79.9. The zero-order chi connectivity index (χ0) is 29.8. The molecule has 11 heteroatoms. The second-order valence-corrected chi connectivity index (χ2v) is 11.9. The maximum Gasteiger partial charge on any atom is 0.262 e. The van der Waals surface area contributed by atoms with Crippen LogP contribution < -0.4 is 15.5 Å². The zero-order valence-electron chi connectivity index (χ0n) is 22.5. The van der Waals surface area contributed by atoms with Gasteiger partial charge in [0.1, 0.15) is 5.75 Å². The molecule has 4 rings (SSSR count). The van der Waals surface area contributed by atoms with E-state index in [4.69, 9.17) is 4.74 Å². The molecule has 2 amide bonds. The molecule has 42 heavy (non-hydrogen) atoms. The van der Waals surface area contributed by atoms with Crippen LogP contribution in [0.3, 0.4) is 0 Å². The molecule has 0 bridgehead atoms. The van der Waals surface area contributed by atoms with E-state index in [1.807, 2.05) is 48.5 Å². The van der Waals surface area contributed by atoms with E-state index in [2.05, 4.69) is 31.8 Å². The van der Waals surface area contributed by atoms with Crippen molar-refractivity contribution in [1.82, 2.24) is 9.73 Å². The predicted molar refractivity (Wildman–Crippen MR) is 166 cm³/mol. The first-order chi connectivity index (χ1) is 20.3. The zero-order valence-corrected chi connectivity index (χ0v) is 24.9. The Morgan fingerprint density at radius 3 is 2.14 bits per heavy atom. The summed E-state index contributed by atoms with van der Waals surface area (Å²) in [6.45, 7) is -0.437. The van der Waals surface area contributed by atoms with Crippen molar-refractivity contribution in [2.24, 2.45) is 5.10 Å². The fourth-order valence-electron chi connectivity index (χ4n) is 3.83. The first-order valence-electron chi connectivity index (χ1n) is 13.0. The van der Waals surface area contributed by atoms with E-state index < -0.39 is 22.5 Å². The molecule has 0 fully saturated rings. The number of hydrogen-bond donors (Lipinski definition) is 2. The average Bonchev–Trinajstić information content (AvgIpc) is 3.00. The van der Waals surface area contributed by atoms with E-state index in [1.54, 1.807) is 48.5 Å². The largest absolute Gasteiger partial charge is 0.484 e. The van der Waals surface area contributed by atoms with Crippen LogP contribution in [0.15, 0.2) is 124 Å². The Morgan fingerprint density at radius 2 is 1.48 bits per heavy atom. The van der Waals surface area contributed by atoms with E-state index >= 15 is 0 Å². The molecular weight excluding hydrogens is 620 g/mol. The van der Waals surface area contributed by atoms with Crippen molar-refractivity contribution in [2.75, 3.05) is 25.0 Å². The van der Waals surface area contributed by atoms with Crippen LogP contribution in [0.2, 0.25) is 0 Å². The van der Waals surface area contributed by atoms with Crippen LogP contribution in [0, 0.1) is 0 Å². The molecule has 0 unspecified atom stereocenters. The third-order valence-electron chi connectivity index (χ3n) is 5.97. The number of nitrogens with zero attached hydrogens (tertiary/aromatic N) is 2. The quantitative estimate of drug-likeness (QED) is 0.159. The lowest BCUT2D eigenvalue weighted by Crippen LogP contribution is -2.40. The number of carbonyl (C=O) groups is 2. The van der Waals surface area contributed by atoms with Crippen LogP contribution in [-0.2, 0) is 26.0 Å². The molecule has 0 saturated carbocycles. The third kappa shape index (κ3) is 9.37. The Kier molecular flexibility index (Phi) is 11.0. The number of benzene rings is 4. The van der Waals surface area contributed by atoms with Gasteiger partial charge >= 0.3 is 0 Å². The van der Waals surface area contributed by atoms with Crippen LogP contribution in [0.5, 0.6) is 5.75 Å². The second-order valence-electron chi connectivity index (χ2n) is 9.09. The van der Waals surface area contributed by atoms with Crippen LogP contribution in [0.1, 0.15) is 11.1 Å². The molecule has 2 N–H and O–H groups in total. The van der Waals surface area contributed by atoms with Crippen molar-refractivity contribution < 1.29 is 22.7 Å². The maximum atomic E-state index is 13.4. The molecule has 216 valence electrons. The van der Waals surface area contributed by atoms with Gasteiger partial charge in [0.05, 0.1) is 17.7 Å². The standard InChI is InChI=1S/C31H29BrN4O5S/c32-26-13-17-29(18-14-26)42(39,40)36(20-19-24-7-3-1-4-8-24)22-30(37)35-33-21-25-11-15-28(16-12-25)41-23-31(38)34-27-9-5-2-6-10-27/h1-18,21H,19-20,22-23H2,(H,34,38)(H,35,37)/b33-21+. The van der Waals surface area contributed by atoms with Gasteiger partial charge in [-0.15, -0.1) is 0 Å². The molecule has 0 aliphatic heterocycles. The molecule has 0 atom stereocenters. The summed E-state index contributed by atoms with van der Waals surface area (Å²) in [4.78, 5) is 24.9. The number of sulfonamides is 1. The number of anilines is 1. The topological polar surface area (TPSA) is 117 Å². The number of halogens is 1. The Morgan fingerprint density at radius 1 is 0.833 bits per heavy atom. The van der Waals surface area contributed by atoms with Crippen LogP contribution in [0.4, 0.5) is 5.69 Å². The number of carbonyl (C=O) groups excluding carboxylic acids is 2. The van der Waals surface area contributed by atoms with Gasteiger partial charge in [-0.1, -0.05) is 64.5 Å². The van der Waals surface area contributed by atoms with Gasteiger partial charge in [-0.3, -0.25) is 9.59 Å². The number of rotatable bonds is 13. The van der Waals surface area contributed by atoms with Crippen molar-refractivity contribution in [2.45, 2.75) is 11.3 Å². The fourth-order valence-corrected chi connectivity index (χ4v) is 5.49. The smallest absolute Gasteiger partial charge is 0.262 e. The Balaban J connectivity index is 1.32. The number of hydrogen-bond acceptors (Lipinski definition) is 6. The van der Waals surface area contributed by atoms with Gasteiger partial charge in [-0.05, 0) is 78.2 Å². The van der Waals surface area contributed by atoms with E-state index in [0.29, 0.717) is 23.4 Å². The molecule has 0 aliphatic carbocycles. The van der Waals surface area contributed by atoms with Gasteiger partial charge in [0, 0.05) is 16.7 Å². The van der Waals surface area contributed by atoms with Gasteiger partial charge in [-0.25, -0.2) is 13.8 Å². The third-order valence-corrected chi connectivity index (χ3v) is 8.36. The Hall–Kier alpha value is -4.32. The summed E-state index contributed by atoms with van der Waals surface area (Å²) in [5.74, 6) is -0.370. The van der Waals surface area contributed by atoms with Crippen molar-refractivity contribution in [3.63, 3.8) is 0 Å². The molecule has 0 radical (unpaired) electrons. The summed E-state index contributed by atoms with van der Waals surface area (Å²) >= 11 is 3.32. The van der Waals surface area contributed by atoms with Gasteiger partial charge in [-0.2, -0.15) is 9.41 Å². The van der Waals surface area contributed by atoms with Crippen LogP contribution >= 0.6 is 15.9 Å². The summed E-state index contributed by atoms with van der Waals surface area (Å²) in [6, 6.07) is 31.6. The van der Waals surface area contributed by atoms with Gasteiger partial charge in [0.2, 0.25) is 10.0 Å². The van der Waals surface area contributed by atoms with Crippen LogP contribution in [0.25, 0.3) is 0 Å². The Labute approximate surface area is 253 Å². The lowest BCUT2D eigenvalue weighted by atomic mass is 10.1. The first-order valence-corrected chi connectivity index (χ1v) is 15.2. The number of hydrazone groups is 1. The van der Waals surface area contributed by atoms with E-state index in [9.17, 15) is 18.0 Å². The second kappa shape index (κ2) is 15.1. The van der Waals surface area contributed by atoms with Crippen molar-refractivity contribution in [3.8, 4) is 5.75 Å². The highest BCUT2D eigenvalue weighted by Crippen LogP contribution is 2.19. The monoisotopic (exact) mass is 648 g/mol. The molecule has 0 spiro atoms. The summed E-state index contributed by atoms with van der Waals surface area (Å²) in [5, 5.41) is 6.72. The molecule has 0 saturated heterocycles. The summed E-state index contributed by atoms with van der Waals surface area (Å²) < 4.78 is 34.2. The van der Waals surface area contributed by atoms with E-state index in [-0.39, 0.29) is 24.0 Å². The van der Waals surface area contributed by atoms with Gasteiger partial charge in [0.25, 0.3) is 11.8 Å². The molecule has 0 aliphatic rings. The summed E-state index contributed by atoms with van der Waals surface area (Å²) in [7, 11) is -3.94. The normalized spacial score (nSPS) is 11.4. The fraction of sp³-hybridized carbons (Fsp3) is 0.129. The first kappa shape index (κ1) is 30.6. The number of para-hydroxylation sites is 1. The maximum absolute atomic E-state index is 13.4. The van der Waals surface area contributed by atoms with Crippen molar-refractivity contribution in [3.05, 3.63) is 125 Å². The lowest BCUT2D eigenvalue weighted by Gasteiger charge is -2.21. The average molecular weight is 650 g/mol. The molecule has 9 nitrogen and oxygen atoms in total.